The fourth-order valence-corrected chi connectivity index (χ4v) is 4.46. The summed E-state index contributed by atoms with van der Waals surface area (Å²) < 4.78 is 0. The van der Waals surface area contributed by atoms with E-state index in [4.69, 9.17) is 4.98 Å². The van der Waals surface area contributed by atoms with Crippen molar-refractivity contribution in [1.82, 2.24) is 20.2 Å². The van der Waals surface area contributed by atoms with Crippen LogP contribution < -0.4 is 15.1 Å². The van der Waals surface area contributed by atoms with Gasteiger partial charge >= 0.3 is 6.03 Å². The molecule has 2 saturated heterocycles. The number of carbonyl (C=O) groups excluding carboxylic acids is 2. The molecular formula is C23H28N6O2. The van der Waals surface area contributed by atoms with Gasteiger partial charge in [-0.05, 0) is 55.9 Å². The van der Waals surface area contributed by atoms with Gasteiger partial charge < -0.3 is 15.1 Å². The molecule has 2 aromatic rings. The quantitative estimate of drug-likeness (QED) is 0.822. The Hall–Kier alpha value is -3.16. The first-order chi connectivity index (χ1) is 15.0. The molecule has 0 spiro atoms. The predicted molar refractivity (Wildman–Crippen MR) is 119 cm³/mol. The third kappa shape index (κ3) is 3.82. The van der Waals surface area contributed by atoms with E-state index in [1.807, 2.05) is 18.0 Å². The molecule has 162 valence electrons. The standard InChI is InChI=1S/C23H28N6O2/c1-15-11-19(17-3-4-17)14-25-21(15)27-7-9-28(10-8-27)22(30)18-5-6-20(24-13-18)29-16(2)12-26-23(29)31/h5-6,11,13-14,16-17H,3-4,7-10,12H2,1-2H3,(H,26,31). The average Bonchev–Trinajstić information content (AvgIpc) is 3.58. The normalized spacial score (nSPS) is 21.4. The maximum Gasteiger partial charge on any atom is 0.323 e. The maximum atomic E-state index is 13.0. The Labute approximate surface area is 182 Å². The molecule has 1 atom stereocenters. The minimum atomic E-state index is -0.149. The highest BCUT2D eigenvalue weighted by Crippen LogP contribution is 2.40. The summed E-state index contributed by atoms with van der Waals surface area (Å²) in [5, 5.41) is 2.80. The highest BCUT2D eigenvalue weighted by molar-refractivity contribution is 5.96. The summed E-state index contributed by atoms with van der Waals surface area (Å²) >= 11 is 0. The molecule has 5 rings (SSSR count). The van der Waals surface area contributed by atoms with E-state index >= 15 is 0 Å². The van der Waals surface area contributed by atoms with E-state index in [0.29, 0.717) is 36.9 Å². The van der Waals surface area contributed by atoms with Gasteiger partial charge in [0.1, 0.15) is 11.6 Å². The number of pyridine rings is 2. The summed E-state index contributed by atoms with van der Waals surface area (Å²) in [5.41, 5.74) is 3.11. The molecule has 31 heavy (non-hydrogen) atoms. The number of rotatable bonds is 4. The SMILES string of the molecule is Cc1cc(C2CC2)cnc1N1CCN(C(=O)c2ccc(N3C(=O)NCC3C)nc2)CC1. The first-order valence-corrected chi connectivity index (χ1v) is 11.0. The van der Waals surface area contributed by atoms with Crippen LogP contribution in [-0.4, -0.2) is 65.6 Å². The van der Waals surface area contributed by atoms with Crippen LogP contribution in [0.5, 0.6) is 0 Å². The van der Waals surface area contributed by atoms with E-state index < -0.39 is 0 Å². The third-order valence-corrected chi connectivity index (χ3v) is 6.44. The second-order valence-corrected chi connectivity index (χ2v) is 8.77. The number of nitrogens with zero attached hydrogens (tertiary/aromatic N) is 5. The third-order valence-electron chi connectivity index (χ3n) is 6.44. The number of hydrogen-bond acceptors (Lipinski definition) is 5. The van der Waals surface area contributed by atoms with Gasteiger partial charge in [-0.3, -0.25) is 9.69 Å². The second-order valence-electron chi connectivity index (χ2n) is 8.77. The zero-order valence-electron chi connectivity index (χ0n) is 18.0. The van der Waals surface area contributed by atoms with Gasteiger partial charge in [-0.1, -0.05) is 6.07 Å². The van der Waals surface area contributed by atoms with Gasteiger partial charge in [-0.2, -0.15) is 0 Å². The monoisotopic (exact) mass is 420 g/mol. The molecule has 1 saturated carbocycles. The van der Waals surface area contributed by atoms with Crippen molar-refractivity contribution in [2.75, 3.05) is 42.5 Å². The van der Waals surface area contributed by atoms with E-state index in [1.165, 1.54) is 24.0 Å². The highest BCUT2D eigenvalue weighted by Gasteiger charge is 2.30. The van der Waals surface area contributed by atoms with E-state index in [9.17, 15) is 9.59 Å². The number of aromatic nitrogens is 2. The molecular weight excluding hydrogens is 392 g/mol. The lowest BCUT2D eigenvalue weighted by Crippen LogP contribution is -2.49. The van der Waals surface area contributed by atoms with Gasteiger partial charge in [0.05, 0.1) is 11.6 Å². The summed E-state index contributed by atoms with van der Waals surface area (Å²) in [7, 11) is 0. The Morgan fingerprint density at radius 3 is 2.45 bits per heavy atom. The number of carbonyl (C=O) groups is 2. The lowest BCUT2D eigenvalue weighted by atomic mass is 10.1. The van der Waals surface area contributed by atoms with Gasteiger partial charge in [0.25, 0.3) is 5.91 Å². The number of aryl methyl sites for hydroxylation is 1. The van der Waals surface area contributed by atoms with Gasteiger partial charge in [0, 0.05) is 45.1 Å². The van der Waals surface area contributed by atoms with Crippen LogP contribution >= 0.6 is 0 Å². The minimum Gasteiger partial charge on any atom is -0.353 e. The summed E-state index contributed by atoms with van der Waals surface area (Å²) in [5.74, 6) is 2.28. The number of anilines is 2. The van der Waals surface area contributed by atoms with Crippen LogP contribution in [0.25, 0.3) is 0 Å². The van der Waals surface area contributed by atoms with Gasteiger partial charge in [0.15, 0.2) is 0 Å². The fourth-order valence-electron chi connectivity index (χ4n) is 4.46. The van der Waals surface area contributed by atoms with Crippen LogP contribution in [0.3, 0.4) is 0 Å². The Bertz CT molecular complexity index is 996. The van der Waals surface area contributed by atoms with Crippen molar-refractivity contribution in [2.24, 2.45) is 0 Å². The molecule has 4 heterocycles. The number of urea groups is 1. The van der Waals surface area contributed by atoms with Crippen molar-refractivity contribution in [1.29, 1.82) is 0 Å². The molecule has 3 fully saturated rings. The van der Waals surface area contributed by atoms with Crippen molar-refractivity contribution in [2.45, 2.75) is 38.6 Å². The smallest absolute Gasteiger partial charge is 0.323 e. The molecule has 0 aromatic carbocycles. The van der Waals surface area contributed by atoms with Gasteiger partial charge in [0.2, 0.25) is 0 Å². The second kappa shape index (κ2) is 7.83. The predicted octanol–water partition coefficient (Wildman–Crippen LogP) is 2.54. The molecule has 2 aliphatic heterocycles. The van der Waals surface area contributed by atoms with Gasteiger partial charge in [-0.25, -0.2) is 14.8 Å². The van der Waals surface area contributed by atoms with Crippen molar-refractivity contribution in [3.05, 3.63) is 47.3 Å². The van der Waals surface area contributed by atoms with Crippen LogP contribution in [0.1, 0.15) is 47.2 Å². The Morgan fingerprint density at radius 1 is 1.10 bits per heavy atom. The van der Waals surface area contributed by atoms with E-state index in [2.05, 4.69) is 28.2 Å². The number of piperazine rings is 1. The molecule has 3 amide bonds. The van der Waals surface area contributed by atoms with E-state index in [0.717, 1.165) is 18.9 Å². The first kappa shape index (κ1) is 19.8. The van der Waals surface area contributed by atoms with Crippen molar-refractivity contribution >= 4 is 23.6 Å². The molecule has 0 bridgehead atoms. The molecule has 1 aliphatic carbocycles. The minimum absolute atomic E-state index is 0.0219. The number of hydrogen-bond donors (Lipinski definition) is 1. The van der Waals surface area contributed by atoms with Crippen molar-refractivity contribution in [3.8, 4) is 0 Å². The van der Waals surface area contributed by atoms with Gasteiger partial charge in [-0.15, -0.1) is 0 Å². The van der Waals surface area contributed by atoms with Crippen LogP contribution in [0.2, 0.25) is 0 Å². The number of nitrogens with one attached hydrogen (secondary N) is 1. The number of amides is 3. The van der Waals surface area contributed by atoms with Crippen LogP contribution in [0.15, 0.2) is 30.6 Å². The maximum absolute atomic E-state index is 13.0. The summed E-state index contributed by atoms with van der Waals surface area (Å²) in [4.78, 5) is 39.8. The van der Waals surface area contributed by atoms with E-state index in [1.54, 1.807) is 23.2 Å². The van der Waals surface area contributed by atoms with Crippen LogP contribution in [0, 0.1) is 6.92 Å². The molecule has 1 unspecified atom stereocenters. The first-order valence-electron chi connectivity index (χ1n) is 11.0. The largest absolute Gasteiger partial charge is 0.353 e. The Balaban J connectivity index is 1.21. The lowest BCUT2D eigenvalue weighted by Gasteiger charge is -2.36. The summed E-state index contributed by atoms with van der Waals surface area (Å²) in [6.45, 7) is 7.52. The molecule has 2 aromatic heterocycles. The zero-order valence-corrected chi connectivity index (χ0v) is 18.0. The van der Waals surface area contributed by atoms with Crippen LogP contribution in [0.4, 0.5) is 16.4 Å². The van der Waals surface area contributed by atoms with Crippen molar-refractivity contribution in [3.63, 3.8) is 0 Å². The highest BCUT2D eigenvalue weighted by atomic mass is 16.2. The molecule has 8 heteroatoms. The molecule has 0 radical (unpaired) electrons. The Morgan fingerprint density at radius 2 is 1.87 bits per heavy atom. The zero-order chi connectivity index (χ0) is 21.5. The lowest BCUT2D eigenvalue weighted by molar-refractivity contribution is 0.0746. The average molecular weight is 421 g/mol. The molecule has 8 nitrogen and oxygen atoms in total. The van der Waals surface area contributed by atoms with Crippen molar-refractivity contribution < 1.29 is 9.59 Å². The fraction of sp³-hybridized carbons (Fsp3) is 0.478. The summed E-state index contributed by atoms with van der Waals surface area (Å²) in [6.07, 6.45) is 6.15. The molecule has 1 N–H and O–H groups in total. The topological polar surface area (TPSA) is 81.7 Å². The van der Waals surface area contributed by atoms with E-state index in [-0.39, 0.29) is 18.0 Å². The summed E-state index contributed by atoms with van der Waals surface area (Å²) in [6, 6.07) is 5.68. The van der Waals surface area contributed by atoms with Crippen LogP contribution in [-0.2, 0) is 0 Å². The Kier molecular flexibility index (Phi) is 5.00. The molecule has 3 aliphatic rings.